The number of hydrogen-bond acceptors (Lipinski definition) is 4. The van der Waals surface area contributed by atoms with Gasteiger partial charge in [-0.3, -0.25) is 0 Å². The van der Waals surface area contributed by atoms with Gasteiger partial charge in [0.2, 0.25) is 5.95 Å². The lowest BCUT2D eigenvalue weighted by Gasteiger charge is -2.19. The Balaban J connectivity index is 2.40. The molecule has 1 aromatic heterocycles. The fourth-order valence-electron chi connectivity index (χ4n) is 1.39. The van der Waals surface area contributed by atoms with Crippen molar-refractivity contribution in [2.75, 3.05) is 17.7 Å². The molecule has 4 nitrogen and oxygen atoms in total. The second kappa shape index (κ2) is 4.55. The summed E-state index contributed by atoms with van der Waals surface area (Å²) in [5.74, 6) is -0.428. The van der Waals surface area contributed by atoms with Gasteiger partial charge in [-0.1, -0.05) is 11.6 Å². The summed E-state index contributed by atoms with van der Waals surface area (Å²) < 4.78 is 13.2. The van der Waals surface area contributed by atoms with Crippen LogP contribution in [0, 0.1) is 5.95 Å². The van der Waals surface area contributed by atoms with Crippen molar-refractivity contribution in [1.29, 1.82) is 0 Å². The van der Waals surface area contributed by atoms with Gasteiger partial charge in [-0.2, -0.15) is 4.39 Å². The maximum Gasteiger partial charge on any atom is 0.236 e. The van der Waals surface area contributed by atoms with Gasteiger partial charge in [0.15, 0.2) is 5.82 Å². The quantitative estimate of drug-likeness (QED) is 0.659. The molecule has 2 aromatic rings. The Kier molecular flexibility index (Phi) is 3.10. The standard InChI is InChI=1S/C11H10ClFN4/c1-17(8-4-2-7(14)3-5-8)11-9(12)10(13)15-6-16-11/h2-6H,14H2,1H3. The van der Waals surface area contributed by atoms with E-state index < -0.39 is 5.95 Å². The van der Waals surface area contributed by atoms with Crippen LogP contribution < -0.4 is 10.6 Å². The van der Waals surface area contributed by atoms with E-state index in [0.717, 1.165) is 12.0 Å². The first-order chi connectivity index (χ1) is 8.09. The molecule has 0 spiro atoms. The second-order valence-electron chi connectivity index (χ2n) is 3.45. The number of aromatic nitrogens is 2. The van der Waals surface area contributed by atoms with E-state index in [1.165, 1.54) is 0 Å². The predicted molar refractivity (Wildman–Crippen MR) is 65.9 cm³/mol. The summed E-state index contributed by atoms with van der Waals surface area (Å²) in [6, 6.07) is 7.09. The molecule has 0 saturated heterocycles. The van der Waals surface area contributed by atoms with Crippen LogP contribution in [0.3, 0.4) is 0 Å². The highest BCUT2D eigenvalue weighted by atomic mass is 35.5. The molecule has 0 fully saturated rings. The molecular formula is C11H10ClFN4. The Morgan fingerprint density at radius 3 is 2.53 bits per heavy atom. The topological polar surface area (TPSA) is 55.0 Å². The average molecular weight is 253 g/mol. The maximum atomic E-state index is 13.2. The Bertz CT molecular complexity index is 529. The van der Waals surface area contributed by atoms with Crippen molar-refractivity contribution >= 4 is 28.8 Å². The van der Waals surface area contributed by atoms with Crippen LogP contribution in [0.15, 0.2) is 30.6 Å². The highest BCUT2D eigenvalue weighted by molar-refractivity contribution is 6.33. The molecular weight excluding hydrogens is 243 g/mol. The first kappa shape index (κ1) is 11.6. The van der Waals surface area contributed by atoms with Gasteiger partial charge in [-0.15, -0.1) is 0 Å². The van der Waals surface area contributed by atoms with Crippen LogP contribution in [0.1, 0.15) is 0 Å². The Morgan fingerprint density at radius 1 is 1.24 bits per heavy atom. The second-order valence-corrected chi connectivity index (χ2v) is 3.83. The number of nitrogens with zero attached hydrogens (tertiary/aromatic N) is 3. The van der Waals surface area contributed by atoms with Gasteiger partial charge < -0.3 is 10.6 Å². The van der Waals surface area contributed by atoms with E-state index in [0.29, 0.717) is 11.5 Å². The normalized spacial score (nSPS) is 10.3. The molecule has 1 aromatic carbocycles. The minimum Gasteiger partial charge on any atom is -0.399 e. The van der Waals surface area contributed by atoms with Crippen LogP contribution in [0.25, 0.3) is 0 Å². The van der Waals surface area contributed by atoms with E-state index in [4.69, 9.17) is 17.3 Å². The molecule has 2 N–H and O–H groups in total. The maximum absolute atomic E-state index is 13.2. The molecule has 6 heteroatoms. The van der Waals surface area contributed by atoms with E-state index in [-0.39, 0.29) is 5.02 Å². The van der Waals surface area contributed by atoms with E-state index in [1.54, 1.807) is 36.2 Å². The number of rotatable bonds is 2. The lowest BCUT2D eigenvalue weighted by Crippen LogP contribution is -2.12. The first-order valence-corrected chi connectivity index (χ1v) is 5.22. The minimum absolute atomic E-state index is 0.105. The van der Waals surface area contributed by atoms with E-state index >= 15 is 0 Å². The summed E-state index contributed by atoms with van der Waals surface area (Å²) >= 11 is 5.80. The van der Waals surface area contributed by atoms with Gasteiger partial charge in [0.25, 0.3) is 0 Å². The van der Waals surface area contributed by atoms with Crippen molar-refractivity contribution < 1.29 is 4.39 Å². The number of benzene rings is 1. The predicted octanol–water partition coefficient (Wildman–Crippen LogP) is 2.62. The number of halogens is 2. The summed E-state index contributed by atoms with van der Waals surface area (Å²) in [5.41, 5.74) is 7.05. The molecule has 17 heavy (non-hydrogen) atoms. The molecule has 0 unspecified atom stereocenters. The molecule has 0 aliphatic rings. The van der Waals surface area contributed by atoms with Crippen LogP contribution in [0.4, 0.5) is 21.6 Å². The average Bonchev–Trinajstić information content (AvgIpc) is 2.33. The summed E-state index contributed by atoms with van der Waals surface area (Å²) in [6.07, 6.45) is 1.13. The minimum atomic E-state index is -0.737. The molecule has 2 rings (SSSR count). The third-order valence-electron chi connectivity index (χ3n) is 2.33. The number of anilines is 3. The zero-order valence-corrected chi connectivity index (χ0v) is 9.82. The number of hydrogen-bond donors (Lipinski definition) is 1. The zero-order chi connectivity index (χ0) is 12.4. The SMILES string of the molecule is CN(c1ccc(N)cc1)c1ncnc(F)c1Cl. The van der Waals surface area contributed by atoms with Gasteiger partial charge in [0.1, 0.15) is 11.3 Å². The van der Waals surface area contributed by atoms with Crippen molar-refractivity contribution in [3.8, 4) is 0 Å². The van der Waals surface area contributed by atoms with Crippen LogP contribution in [0.5, 0.6) is 0 Å². The number of nitrogens with two attached hydrogens (primary N) is 1. The molecule has 0 aliphatic heterocycles. The Morgan fingerprint density at radius 2 is 1.88 bits per heavy atom. The molecule has 0 atom stereocenters. The molecule has 88 valence electrons. The molecule has 0 saturated carbocycles. The summed E-state index contributed by atoms with van der Waals surface area (Å²) in [5, 5.41) is -0.105. The molecule has 0 amide bonds. The lowest BCUT2D eigenvalue weighted by molar-refractivity contribution is 0.580. The molecule has 0 radical (unpaired) electrons. The van der Waals surface area contributed by atoms with Gasteiger partial charge in [0, 0.05) is 18.4 Å². The highest BCUT2D eigenvalue weighted by Gasteiger charge is 2.13. The first-order valence-electron chi connectivity index (χ1n) is 4.85. The monoisotopic (exact) mass is 252 g/mol. The molecule has 1 heterocycles. The zero-order valence-electron chi connectivity index (χ0n) is 9.06. The van der Waals surface area contributed by atoms with Crippen LogP contribution in [-0.2, 0) is 0 Å². The van der Waals surface area contributed by atoms with Gasteiger partial charge >= 0.3 is 0 Å². The smallest absolute Gasteiger partial charge is 0.236 e. The Labute approximate surface area is 103 Å². The van der Waals surface area contributed by atoms with E-state index in [1.807, 2.05) is 0 Å². The molecule has 0 aliphatic carbocycles. The number of nitrogen functional groups attached to an aromatic ring is 1. The summed E-state index contributed by atoms with van der Waals surface area (Å²) in [6.45, 7) is 0. The van der Waals surface area contributed by atoms with Gasteiger partial charge in [0.05, 0.1) is 0 Å². The van der Waals surface area contributed by atoms with Gasteiger partial charge in [-0.25, -0.2) is 9.97 Å². The Hall–Kier alpha value is -1.88. The third-order valence-corrected chi connectivity index (χ3v) is 2.65. The molecule has 0 bridgehead atoms. The van der Waals surface area contributed by atoms with Crippen molar-refractivity contribution in [2.45, 2.75) is 0 Å². The highest BCUT2D eigenvalue weighted by Crippen LogP contribution is 2.29. The van der Waals surface area contributed by atoms with Crippen molar-refractivity contribution in [3.05, 3.63) is 41.6 Å². The summed E-state index contributed by atoms with van der Waals surface area (Å²) in [7, 11) is 1.74. The largest absolute Gasteiger partial charge is 0.399 e. The van der Waals surface area contributed by atoms with Crippen molar-refractivity contribution in [1.82, 2.24) is 9.97 Å². The fourth-order valence-corrected chi connectivity index (χ4v) is 1.62. The fraction of sp³-hybridized carbons (Fsp3) is 0.0909. The van der Waals surface area contributed by atoms with E-state index in [9.17, 15) is 4.39 Å². The van der Waals surface area contributed by atoms with Crippen LogP contribution in [0.2, 0.25) is 5.02 Å². The lowest BCUT2D eigenvalue weighted by atomic mass is 10.2. The summed E-state index contributed by atoms with van der Waals surface area (Å²) in [4.78, 5) is 8.98. The van der Waals surface area contributed by atoms with Gasteiger partial charge in [-0.05, 0) is 24.3 Å². The van der Waals surface area contributed by atoms with E-state index in [2.05, 4.69) is 9.97 Å². The van der Waals surface area contributed by atoms with Crippen LogP contribution >= 0.6 is 11.6 Å². The third kappa shape index (κ3) is 2.29. The van der Waals surface area contributed by atoms with Crippen molar-refractivity contribution in [3.63, 3.8) is 0 Å². The van der Waals surface area contributed by atoms with Crippen LogP contribution in [-0.4, -0.2) is 17.0 Å². The van der Waals surface area contributed by atoms with Crippen molar-refractivity contribution in [2.24, 2.45) is 0 Å².